The molecule has 0 saturated carbocycles. The molecule has 0 aliphatic carbocycles. The van der Waals surface area contributed by atoms with Crippen molar-refractivity contribution >= 4 is 5.95 Å². The van der Waals surface area contributed by atoms with E-state index in [0.717, 1.165) is 38.4 Å². The number of aromatic nitrogens is 2. The van der Waals surface area contributed by atoms with Gasteiger partial charge in [0.25, 0.3) is 0 Å². The van der Waals surface area contributed by atoms with E-state index in [-0.39, 0.29) is 0 Å². The van der Waals surface area contributed by atoms with Crippen molar-refractivity contribution in [2.75, 3.05) is 31.1 Å². The van der Waals surface area contributed by atoms with Crippen molar-refractivity contribution in [1.82, 2.24) is 9.97 Å². The Kier molecular flexibility index (Phi) is 4.14. The fourth-order valence-electron chi connectivity index (χ4n) is 1.98. The van der Waals surface area contributed by atoms with Crippen LogP contribution in [0.2, 0.25) is 0 Å². The summed E-state index contributed by atoms with van der Waals surface area (Å²) < 4.78 is 5.51. The van der Waals surface area contributed by atoms with Gasteiger partial charge in [0.05, 0.1) is 6.61 Å². The molecular weight excluding hydrogens is 216 g/mol. The molecule has 17 heavy (non-hydrogen) atoms. The minimum atomic E-state index is 0.568. The molecular formula is C12H20N4O. The van der Waals surface area contributed by atoms with Gasteiger partial charge in [-0.3, -0.25) is 0 Å². The molecule has 5 nitrogen and oxygen atoms in total. The number of nitrogens with zero attached hydrogens (tertiary/aromatic N) is 3. The molecule has 1 saturated heterocycles. The first-order chi connectivity index (χ1) is 8.33. The van der Waals surface area contributed by atoms with Crippen molar-refractivity contribution in [2.24, 2.45) is 11.7 Å². The Morgan fingerprint density at radius 3 is 3.18 bits per heavy atom. The minimum absolute atomic E-state index is 0.568. The van der Waals surface area contributed by atoms with Gasteiger partial charge in [0.15, 0.2) is 0 Å². The topological polar surface area (TPSA) is 64.3 Å². The highest BCUT2D eigenvalue weighted by Gasteiger charge is 2.23. The number of ether oxygens (including phenoxy) is 1. The molecule has 94 valence electrons. The van der Waals surface area contributed by atoms with Crippen LogP contribution in [0.15, 0.2) is 12.3 Å². The molecule has 1 aromatic rings. The quantitative estimate of drug-likeness (QED) is 0.828. The molecule has 0 radical (unpaired) electrons. The summed E-state index contributed by atoms with van der Waals surface area (Å²) in [6.07, 6.45) is 3.86. The lowest BCUT2D eigenvalue weighted by atomic mass is 10.1. The number of nitrogens with two attached hydrogens (primary N) is 1. The lowest BCUT2D eigenvalue weighted by Crippen LogP contribution is -2.24. The molecule has 0 spiro atoms. The van der Waals surface area contributed by atoms with Gasteiger partial charge in [-0.25, -0.2) is 4.98 Å². The molecule has 1 aliphatic heterocycles. The highest BCUT2D eigenvalue weighted by atomic mass is 16.5. The largest absolute Gasteiger partial charge is 0.478 e. The average molecular weight is 236 g/mol. The van der Waals surface area contributed by atoms with Crippen molar-refractivity contribution in [1.29, 1.82) is 0 Å². The highest BCUT2D eigenvalue weighted by molar-refractivity contribution is 5.33. The van der Waals surface area contributed by atoms with E-state index < -0.39 is 0 Å². The van der Waals surface area contributed by atoms with Gasteiger partial charge < -0.3 is 15.4 Å². The van der Waals surface area contributed by atoms with Gasteiger partial charge in [0.2, 0.25) is 11.8 Å². The van der Waals surface area contributed by atoms with Crippen LogP contribution < -0.4 is 15.4 Å². The van der Waals surface area contributed by atoms with Crippen LogP contribution in [0.4, 0.5) is 5.95 Å². The minimum Gasteiger partial charge on any atom is -0.478 e. The van der Waals surface area contributed by atoms with Gasteiger partial charge in [-0.15, -0.1) is 0 Å². The summed E-state index contributed by atoms with van der Waals surface area (Å²) in [4.78, 5) is 10.9. The summed E-state index contributed by atoms with van der Waals surface area (Å²) in [5, 5.41) is 0. The zero-order chi connectivity index (χ0) is 12.1. The number of rotatable bonds is 5. The van der Waals surface area contributed by atoms with Gasteiger partial charge >= 0.3 is 0 Å². The normalized spacial score (nSPS) is 19.6. The van der Waals surface area contributed by atoms with E-state index in [4.69, 9.17) is 10.5 Å². The lowest BCUT2D eigenvalue weighted by Gasteiger charge is -2.16. The highest BCUT2D eigenvalue weighted by Crippen LogP contribution is 2.21. The first-order valence-corrected chi connectivity index (χ1v) is 6.24. The van der Waals surface area contributed by atoms with E-state index >= 15 is 0 Å². The molecule has 1 unspecified atom stereocenters. The van der Waals surface area contributed by atoms with Crippen molar-refractivity contribution in [2.45, 2.75) is 19.8 Å². The monoisotopic (exact) mass is 236 g/mol. The SMILES string of the molecule is CCCOc1ccnc(N2CCC(CN)C2)n1. The van der Waals surface area contributed by atoms with Gasteiger partial charge in [-0.1, -0.05) is 6.92 Å². The second kappa shape index (κ2) is 5.82. The summed E-state index contributed by atoms with van der Waals surface area (Å²) in [5.74, 6) is 1.99. The molecule has 2 rings (SSSR count). The van der Waals surface area contributed by atoms with Crippen molar-refractivity contribution in [3.63, 3.8) is 0 Å². The average Bonchev–Trinajstić information content (AvgIpc) is 2.85. The Balaban J connectivity index is 2.01. The van der Waals surface area contributed by atoms with Gasteiger partial charge in [0.1, 0.15) is 0 Å². The van der Waals surface area contributed by atoms with E-state index in [9.17, 15) is 0 Å². The summed E-state index contributed by atoms with van der Waals surface area (Å²) >= 11 is 0. The Labute approximate surface area is 102 Å². The number of hydrogen-bond donors (Lipinski definition) is 1. The Bertz CT molecular complexity index is 358. The third kappa shape index (κ3) is 3.06. The predicted molar refractivity (Wildman–Crippen MR) is 67.2 cm³/mol. The maximum atomic E-state index is 5.68. The first-order valence-electron chi connectivity index (χ1n) is 6.24. The van der Waals surface area contributed by atoms with Crippen LogP contribution in [0.1, 0.15) is 19.8 Å². The van der Waals surface area contributed by atoms with E-state index in [2.05, 4.69) is 21.8 Å². The molecule has 2 N–H and O–H groups in total. The van der Waals surface area contributed by atoms with E-state index in [1.54, 1.807) is 12.3 Å². The van der Waals surface area contributed by atoms with Crippen LogP contribution in [0.5, 0.6) is 5.88 Å². The number of hydrogen-bond acceptors (Lipinski definition) is 5. The zero-order valence-corrected chi connectivity index (χ0v) is 10.3. The second-order valence-electron chi connectivity index (χ2n) is 4.38. The zero-order valence-electron chi connectivity index (χ0n) is 10.3. The summed E-state index contributed by atoms with van der Waals surface area (Å²) in [5.41, 5.74) is 5.68. The second-order valence-corrected chi connectivity index (χ2v) is 4.38. The Morgan fingerprint density at radius 2 is 2.47 bits per heavy atom. The number of anilines is 1. The predicted octanol–water partition coefficient (Wildman–Crippen LogP) is 1.05. The molecule has 0 amide bonds. The molecule has 2 heterocycles. The molecule has 0 aromatic carbocycles. The van der Waals surface area contributed by atoms with Gasteiger partial charge in [-0.05, 0) is 25.3 Å². The smallest absolute Gasteiger partial charge is 0.228 e. The summed E-state index contributed by atoms with van der Waals surface area (Å²) in [6.45, 7) is 5.45. The molecule has 5 heteroatoms. The third-order valence-electron chi connectivity index (χ3n) is 2.97. The first kappa shape index (κ1) is 12.1. The van der Waals surface area contributed by atoms with Gasteiger partial charge in [0, 0.05) is 25.4 Å². The Hall–Kier alpha value is -1.36. The van der Waals surface area contributed by atoms with Crippen LogP contribution in [0.25, 0.3) is 0 Å². The van der Waals surface area contributed by atoms with E-state index in [0.29, 0.717) is 18.4 Å². The van der Waals surface area contributed by atoms with Crippen LogP contribution >= 0.6 is 0 Å². The molecule has 0 bridgehead atoms. The summed E-state index contributed by atoms with van der Waals surface area (Å²) in [7, 11) is 0. The molecule has 1 aliphatic rings. The third-order valence-corrected chi connectivity index (χ3v) is 2.97. The maximum Gasteiger partial charge on any atom is 0.228 e. The van der Waals surface area contributed by atoms with Crippen molar-refractivity contribution < 1.29 is 4.74 Å². The fourth-order valence-corrected chi connectivity index (χ4v) is 1.98. The maximum absolute atomic E-state index is 5.68. The van der Waals surface area contributed by atoms with Crippen LogP contribution in [0.3, 0.4) is 0 Å². The van der Waals surface area contributed by atoms with Crippen molar-refractivity contribution in [3.8, 4) is 5.88 Å². The fraction of sp³-hybridized carbons (Fsp3) is 0.667. The summed E-state index contributed by atoms with van der Waals surface area (Å²) in [6, 6.07) is 1.80. The van der Waals surface area contributed by atoms with Gasteiger partial charge in [-0.2, -0.15) is 4.98 Å². The lowest BCUT2D eigenvalue weighted by molar-refractivity contribution is 0.305. The van der Waals surface area contributed by atoms with Crippen LogP contribution in [-0.4, -0.2) is 36.2 Å². The standard InChI is InChI=1S/C12H20N4O/c1-2-7-17-11-3-5-14-12(15-11)16-6-4-10(8-13)9-16/h3,5,10H,2,4,6-9,13H2,1H3. The molecule has 1 atom stereocenters. The van der Waals surface area contributed by atoms with E-state index in [1.807, 2.05) is 0 Å². The molecule has 1 aromatic heterocycles. The van der Waals surface area contributed by atoms with E-state index in [1.165, 1.54) is 0 Å². The Morgan fingerprint density at radius 1 is 1.59 bits per heavy atom. The molecule has 1 fully saturated rings. The van der Waals surface area contributed by atoms with Crippen LogP contribution in [-0.2, 0) is 0 Å². The van der Waals surface area contributed by atoms with Crippen molar-refractivity contribution in [3.05, 3.63) is 12.3 Å². The van der Waals surface area contributed by atoms with Crippen LogP contribution in [0, 0.1) is 5.92 Å².